The molecule has 1 aromatic rings. The third-order valence-corrected chi connectivity index (χ3v) is 6.16. The van der Waals surface area contributed by atoms with E-state index in [1.165, 1.54) is 0 Å². The summed E-state index contributed by atoms with van der Waals surface area (Å²) in [6, 6.07) is 1.35. The van der Waals surface area contributed by atoms with Gasteiger partial charge in [-0.2, -0.15) is 0 Å². The molecule has 2 aliphatic heterocycles. The summed E-state index contributed by atoms with van der Waals surface area (Å²) < 4.78 is 69.4. The number of amides is 1. The molecule has 2 N–H and O–H groups in total. The molecule has 160 valence electrons. The Morgan fingerprint density at radius 1 is 1.11 bits per heavy atom. The Bertz CT molecular complexity index is 723. The van der Waals surface area contributed by atoms with Gasteiger partial charge < -0.3 is 20.3 Å². The first kappa shape index (κ1) is 21.1. The Morgan fingerprint density at radius 3 is 2.32 bits per heavy atom. The maximum Gasteiger partial charge on any atom is 0.311 e. The Morgan fingerprint density at radius 2 is 1.79 bits per heavy atom. The molecular formula is C16H23F5N4O2S. The highest BCUT2D eigenvalue weighted by Crippen LogP contribution is 3.02. The van der Waals surface area contributed by atoms with Crippen molar-refractivity contribution in [2.45, 2.75) is 36.3 Å². The Kier molecular flexibility index (Phi) is 5.04. The van der Waals surface area contributed by atoms with Gasteiger partial charge in [-0.05, 0) is 25.0 Å². The van der Waals surface area contributed by atoms with Crippen LogP contribution in [0.25, 0.3) is 0 Å². The minimum Gasteiger partial charge on any atom is -0.367 e. The molecule has 3 heterocycles. The highest BCUT2D eigenvalue weighted by Gasteiger charge is 2.65. The monoisotopic (exact) mass is 430 g/mol. The molecule has 1 aromatic heterocycles. The number of anilines is 1. The van der Waals surface area contributed by atoms with E-state index in [0.29, 0.717) is 58.1 Å². The summed E-state index contributed by atoms with van der Waals surface area (Å²) in [5.74, 6) is 0.145. The zero-order valence-electron chi connectivity index (χ0n) is 15.1. The molecule has 1 amide bonds. The minimum atomic E-state index is -9.71. The number of hydrogen-bond donors (Lipinski definition) is 1. The van der Waals surface area contributed by atoms with Crippen molar-refractivity contribution >= 4 is 21.9 Å². The molecular weight excluding hydrogens is 407 g/mol. The first-order valence-electron chi connectivity index (χ1n) is 8.96. The lowest BCUT2D eigenvalue weighted by molar-refractivity contribution is -0.139. The lowest BCUT2D eigenvalue weighted by atomic mass is 10.0. The largest absolute Gasteiger partial charge is 0.367 e. The van der Waals surface area contributed by atoms with Crippen LogP contribution in [-0.4, -0.2) is 60.7 Å². The zero-order chi connectivity index (χ0) is 20.6. The number of likely N-dealkylation sites (tertiary alicyclic amines) is 1. The van der Waals surface area contributed by atoms with Crippen molar-refractivity contribution in [1.29, 1.82) is 0 Å². The first-order valence-corrected chi connectivity index (χ1v) is 10.9. The molecule has 2 aliphatic rings. The van der Waals surface area contributed by atoms with Crippen molar-refractivity contribution in [2.24, 2.45) is 5.73 Å². The average Bonchev–Trinajstić information content (AvgIpc) is 2.99. The molecule has 0 bridgehead atoms. The molecule has 1 atom stereocenters. The number of aromatic nitrogens is 1. The van der Waals surface area contributed by atoms with Crippen LogP contribution in [0.4, 0.5) is 25.2 Å². The Hall–Kier alpha value is -1.66. The van der Waals surface area contributed by atoms with Gasteiger partial charge in [-0.3, -0.25) is 4.79 Å². The molecule has 0 spiro atoms. The van der Waals surface area contributed by atoms with Crippen LogP contribution in [0.3, 0.4) is 0 Å². The van der Waals surface area contributed by atoms with Gasteiger partial charge in [0.15, 0.2) is 0 Å². The summed E-state index contributed by atoms with van der Waals surface area (Å²) in [7, 11) is -9.71. The van der Waals surface area contributed by atoms with E-state index >= 15 is 0 Å². The summed E-state index contributed by atoms with van der Waals surface area (Å²) in [6.07, 6.45) is 1.55. The number of ether oxygens (including phenoxy) is 1. The van der Waals surface area contributed by atoms with Gasteiger partial charge >= 0.3 is 10.2 Å². The summed E-state index contributed by atoms with van der Waals surface area (Å²) in [6.45, 7) is 2.19. The van der Waals surface area contributed by atoms with Crippen LogP contribution in [0.1, 0.15) is 19.3 Å². The summed E-state index contributed by atoms with van der Waals surface area (Å²) in [5.41, 5.74) is 5.38. The first-order chi connectivity index (χ1) is 12.9. The molecule has 0 radical (unpaired) electrons. The molecule has 12 heteroatoms. The van der Waals surface area contributed by atoms with Gasteiger partial charge in [-0.1, -0.05) is 19.4 Å². The molecule has 3 rings (SSSR count). The normalized spacial score (nSPS) is 24.4. The average molecular weight is 430 g/mol. The quantitative estimate of drug-likeness (QED) is 0.702. The molecule has 6 nitrogen and oxygen atoms in total. The zero-order valence-corrected chi connectivity index (χ0v) is 15.9. The van der Waals surface area contributed by atoms with Crippen LogP contribution in [0, 0.1) is 0 Å². The van der Waals surface area contributed by atoms with E-state index in [4.69, 9.17) is 10.5 Å². The second kappa shape index (κ2) is 6.70. The van der Waals surface area contributed by atoms with E-state index in [-0.39, 0.29) is 24.0 Å². The third-order valence-electron chi connectivity index (χ3n) is 5.02. The van der Waals surface area contributed by atoms with Crippen LogP contribution < -0.4 is 10.6 Å². The fourth-order valence-electron chi connectivity index (χ4n) is 3.60. The van der Waals surface area contributed by atoms with Gasteiger partial charge in [-0.25, -0.2) is 4.98 Å². The van der Waals surface area contributed by atoms with Crippen LogP contribution in [-0.2, 0) is 9.53 Å². The number of pyridine rings is 1. The predicted octanol–water partition coefficient (Wildman–Crippen LogP) is 3.28. The van der Waals surface area contributed by atoms with Crippen molar-refractivity contribution in [2.75, 3.05) is 37.7 Å². The maximum absolute atomic E-state index is 12.8. The smallest absolute Gasteiger partial charge is 0.311 e. The van der Waals surface area contributed by atoms with Gasteiger partial charge in [0.25, 0.3) is 5.91 Å². The fourth-order valence-corrected chi connectivity index (χ4v) is 4.17. The standard InChI is InChI=1S/C16H23F5N4O2S/c17-28(18,19,20,21)13-1-2-15(23-11-13)24-7-3-12(4-8-24)25-9-5-14(16(25)26)27-10-6-22/h1-2,11-12,14H,3-10,22H2. The van der Waals surface area contributed by atoms with Crippen molar-refractivity contribution in [3.63, 3.8) is 0 Å². The second-order valence-electron chi connectivity index (χ2n) is 7.01. The molecule has 28 heavy (non-hydrogen) atoms. The SMILES string of the molecule is NCCOC1CCN(C2CCN(c3ccc(S(F)(F)(F)(F)F)cn3)CC2)C1=O. The summed E-state index contributed by atoms with van der Waals surface area (Å²) in [5, 5.41) is 0. The van der Waals surface area contributed by atoms with Gasteiger partial charge in [0.05, 0.1) is 12.8 Å². The fraction of sp³-hybridized carbons (Fsp3) is 0.625. The molecule has 0 aromatic carbocycles. The van der Waals surface area contributed by atoms with E-state index in [2.05, 4.69) is 4.98 Å². The van der Waals surface area contributed by atoms with E-state index in [9.17, 15) is 24.2 Å². The summed E-state index contributed by atoms with van der Waals surface area (Å²) in [4.78, 5) is 17.5. The third kappa shape index (κ3) is 4.66. The topological polar surface area (TPSA) is 71.7 Å². The van der Waals surface area contributed by atoms with Crippen LogP contribution in [0.5, 0.6) is 0 Å². The summed E-state index contributed by atoms with van der Waals surface area (Å²) >= 11 is 0. The van der Waals surface area contributed by atoms with Gasteiger partial charge in [0, 0.05) is 38.6 Å². The highest BCUT2D eigenvalue weighted by atomic mass is 32.5. The lowest BCUT2D eigenvalue weighted by Crippen LogP contribution is -2.47. The molecule has 0 saturated carbocycles. The van der Waals surface area contributed by atoms with E-state index in [1.54, 1.807) is 9.80 Å². The van der Waals surface area contributed by atoms with Crippen LogP contribution >= 0.6 is 10.2 Å². The maximum atomic E-state index is 12.8. The number of halogens is 5. The molecule has 2 fully saturated rings. The number of carbonyl (C=O) groups is 1. The number of rotatable bonds is 6. The highest BCUT2D eigenvalue weighted by molar-refractivity contribution is 8.45. The number of nitrogens with two attached hydrogens (primary N) is 1. The molecule has 0 aliphatic carbocycles. The molecule has 2 saturated heterocycles. The number of hydrogen-bond acceptors (Lipinski definition) is 5. The molecule has 1 unspecified atom stereocenters. The van der Waals surface area contributed by atoms with Gasteiger partial charge in [0.2, 0.25) is 0 Å². The van der Waals surface area contributed by atoms with Crippen LogP contribution in [0.2, 0.25) is 0 Å². The Labute approximate surface area is 159 Å². The number of carbonyl (C=O) groups excluding carboxylic acids is 1. The van der Waals surface area contributed by atoms with E-state index in [0.717, 1.165) is 6.07 Å². The Balaban J connectivity index is 1.58. The van der Waals surface area contributed by atoms with E-state index < -0.39 is 21.2 Å². The predicted molar refractivity (Wildman–Crippen MR) is 96.0 cm³/mol. The number of piperidine rings is 1. The van der Waals surface area contributed by atoms with Crippen molar-refractivity contribution in [3.05, 3.63) is 18.3 Å². The second-order valence-corrected chi connectivity index (χ2v) is 9.42. The lowest BCUT2D eigenvalue weighted by Gasteiger charge is -2.40. The van der Waals surface area contributed by atoms with E-state index in [1.807, 2.05) is 0 Å². The van der Waals surface area contributed by atoms with Crippen molar-refractivity contribution in [3.8, 4) is 0 Å². The van der Waals surface area contributed by atoms with Crippen molar-refractivity contribution < 1.29 is 29.0 Å². The van der Waals surface area contributed by atoms with Gasteiger partial charge in [0.1, 0.15) is 16.8 Å². The van der Waals surface area contributed by atoms with Crippen LogP contribution in [0.15, 0.2) is 23.2 Å². The van der Waals surface area contributed by atoms with Gasteiger partial charge in [-0.15, -0.1) is 0 Å². The van der Waals surface area contributed by atoms with Crippen molar-refractivity contribution in [1.82, 2.24) is 9.88 Å². The minimum absolute atomic E-state index is 0.0131. The number of nitrogens with zero attached hydrogens (tertiary/aromatic N) is 3.